The number of aliphatic imine (C=N–C) groups is 1. The number of hydrogen-bond donors (Lipinski definition) is 1. The van der Waals surface area contributed by atoms with Gasteiger partial charge in [0.15, 0.2) is 5.96 Å². The van der Waals surface area contributed by atoms with Crippen LogP contribution in [0.15, 0.2) is 29.3 Å². The van der Waals surface area contributed by atoms with Crippen LogP contribution in [0.5, 0.6) is 0 Å². The second-order valence-corrected chi connectivity index (χ2v) is 6.30. The van der Waals surface area contributed by atoms with Crippen LogP contribution in [0.3, 0.4) is 0 Å². The molecule has 24 heavy (non-hydrogen) atoms. The molecule has 1 aromatic carbocycles. The summed E-state index contributed by atoms with van der Waals surface area (Å²) in [6.45, 7) is 7.25. The Morgan fingerprint density at radius 3 is 3.00 bits per heavy atom. The molecule has 1 aromatic rings. The van der Waals surface area contributed by atoms with Crippen molar-refractivity contribution in [2.45, 2.75) is 38.7 Å². The lowest BCUT2D eigenvalue weighted by molar-refractivity contribution is -0.0318. The Hall–Kier alpha value is -1.59. The molecule has 0 amide bonds. The Labute approximate surface area is 145 Å². The molecule has 0 radical (unpaired) electrons. The third-order valence-corrected chi connectivity index (χ3v) is 4.56. The van der Waals surface area contributed by atoms with E-state index in [0.717, 1.165) is 71.1 Å². The molecule has 5 heteroatoms. The van der Waals surface area contributed by atoms with Crippen molar-refractivity contribution in [3.05, 3.63) is 29.8 Å². The lowest BCUT2D eigenvalue weighted by atomic mass is 10.1. The minimum atomic E-state index is 0.376. The van der Waals surface area contributed by atoms with Gasteiger partial charge in [-0.15, -0.1) is 0 Å². The van der Waals surface area contributed by atoms with Gasteiger partial charge in [0.1, 0.15) is 0 Å². The first-order chi connectivity index (χ1) is 11.9. The van der Waals surface area contributed by atoms with E-state index in [1.165, 1.54) is 11.3 Å². The average molecular weight is 331 g/mol. The summed E-state index contributed by atoms with van der Waals surface area (Å²) in [4.78, 5) is 7.11. The first-order valence-electron chi connectivity index (χ1n) is 9.21. The summed E-state index contributed by atoms with van der Waals surface area (Å²) in [6, 6.07) is 8.60. The van der Waals surface area contributed by atoms with E-state index < -0.39 is 0 Å². The molecule has 2 heterocycles. The molecule has 3 rings (SSSR count). The maximum atomic E-state index is 5.92. The second-order valence-electron chi connectivity index (χ2n) is 6.30. The van der Waals surface area contributed by atoms with E-state index >= 15 is 0 Å². The van der Waals surface area contributed by atoms with E-state index in [0.29, 0.717) is 6.10 Å². The Bertz CT molecular complexity index is 541. The maximum Gasteiger partial charge on any atom is 0.198 e. The number of guanidine groups is 1. The van der Waals surface area contributed by atoms with E-state index in [2.05, 4.69) is 41.4 Å². The first-order valence-corrected chi connectivity index (χ1v) is 9.21. The highest BCUT2D eigenvalue weighted by atomic mass is 16.5. The quantitative estimate of drug-likeness (QED) is 0.494. The number of hydrogen-bond acceptors (Lipinski definition) is 3. The van der Waals surface area contributed by atoms with Crippen LogP contribution in [0.1, 0.15) is 31.7 Å². The summed E-state index contributed by atoms with van der Waals surface area (Å²) in [5.41, 5.74) is 2.70. The van der Waals surface area contributed by atoms with Crippen LogP contribution in [0.25, 0.3) is 0 Å². The van der Waals surface area contributed by atoms with Gasteiger partial charge in [-0.2, -0.15) is 0 Å². The first kappa shape index (κ1) is 17.2. The molecule has 1 saturated heterocycles. The SMILES string of the molecule is CCNC(=NCCCOC1CCOCC1)N1CCc2ccccc21. The average Bonchev–Trinajstić information content (AvgIpc) is 3.05. The molecule has 0 unspecified atom stereocenters. The number of anilines is 1. The Kier molecular flexibility index (Phi) is 6.49. The van der Waals surface area contributed by atoms with E-state index in [1.54, 1.807) is 0 Å². The van der Waals surface area contributed by atoms with Gasteiger partial charge in [-0.25, -0.2) is 0 Å². The molecule has 0 aliphatic carbocycles. The molecule has 0 bridgehead atoms. The summed E-state index contributed by atoms with van der Waals surface area (Å²) in [7, 11) is 0. The van der Waals surface area contributed by atoms with E-state index in [9.17, 15) is 0 Å². The molecule has 2 aliphatic rings. The van der Waals surface area contributed by atoms with Gasteiger partial charge in [0.2, 0.25) is 0 Å². The number of nitrogens with zero attached hydrogens (tertiary/aromatic N) is 2. The standard InChI is InChI=1S/C19H29N3O2/c1-2-20-19(22-12-8-16-6-3-4-7-18(16)22)21-11-5-13-24-17-9-14-23-15-10-17/h3-4,6-7,17H,2,5,8-15H2,1H3,(H,20,21). The highest BCUT2D eigenvalue weighted by Gasteiger charge is 2.22. The predicted molar refractivity (Wildman–Crippen MR) is 97.9 cm³/mol. The lowest BCUT2D eigenvalue weighted by Crippen LogP contribution is -2.40. The van der Waals surface area contributed by atoms with Gasteiger partial charge in [0, 0.05) is 45.1 Å². The monoisotopic (exact) mass is 331 g/mol. The van der Waals surface area contributed by atoms with Crippen molar-refractivity contribution in [3.63, 3.8) is 0 Å². The predicted octanol–water partition coefficient (Wildman–Crippen LogP) is 2.60. The van der Waals surface area contributed by atoms with Gasteiger partial charge in [-0.3, -0.25) is 4.99 Å². The number of benzene rings is 1. The number of fused-ring (bicyclic) bond motifs is 1. The summed E-state index contributed by atoms with van der Waals surface area (Å²) in [5, 5.41) is 3.42. The van der Waals surface area contributed by atoms with Gasteiger partial charge in [-0.1, -0.05) is 18.2 Å². The summed E-state index contributed by atoms with van der Waals surface area (Å²) < 4.78 is 11.3. The van der Waals surface area contributed by atoms with Crippen molar-refractivity contribution < 1.29 is 9.47 Å². The Balaban J connectivity index is 1.49. The molecule has 0 aromatic heterocycles. The van der Waals surface area contributed by atoms with Crippen LogP contribution in [0, 0.1) is 0 Å². The summed E-state index contributed by atoms with van der Waals surface area (Å²) >= 11 is 0. The van der Waals surface area contributed by atoms with Crippen LogP contribution in [-0.2, 0) is 15.9 Å². The molecular weight excluding hydrogens is 302 g/mol. The summed E-state index contributed by atoms with van der Waals surface area (Å²) in [6.07, 6.45) is 4.48. The van der Waals surface area contributed by atoms with Gasteiger partial charge in [0.05, 0.1) is 6.10 Å². The normalized spacial score (nSPS) is 18.7. The zero-order chi connectivity index (χ0) is 16.6. The van der Waals surface area contributed by atoms with Gasteiger partial charge >= 0.3 is 0 Å². The van der Waals surface area contributed by atoms with Crippen LogP contribution in [0.4, 0.5) is 5.69 Å². The molecule has 5 nitrogen and oxygen atoms in total. The van der Waals surface area contributed by atoms with Crippen molar-refractivity contribution in [1.82, 2.24) is 5.32 Å². The summed E-state index contributed by atoms with van der Waals surface area (Å²) in [5.74, 6) is 0.994. The van der Waals surface area contributed by atoms with E-state index in [-0.39, 0.29) is 0 Å². The highest BCUT2D eigenvalue weighted by molar-refractivity contribution is 5.97. The zero-order valence-electron chi connectivity index (χ0n) is 14.7. The number of para-hydroxylation sites is 1. The van der Waals surface area contributed by atoms with Crippen molar-refractivity contribution >= 4 is 11.6 Å². The Morgan fingerprint density at radius 1 is 1.33 bits per heavy atom. The van der Waals surface area contributed by atoms with Gasteiger partial charge in [-0.05, 0) is 44.2 Å². The Morgan fingerprint density at radius 2 is 2.17 bits per heavy atom. The molecule has 0 spiro atoms. The lowest BCUT2D eigenvalue weighted by Gasteiger charge is -2.23. The third kappa shape index (κ3) is 4.48. The van der Waals surface area contributed by atoms with Crippen molar-refractivity contribution in [3.8, 4) is 0 Å². The number of ether oxygens (including phenoxy) is 2. The van der Waals surface area contributed by atoms with Gasteiger partial charge in [0.25, 0.3) is 0 Å². The molecular formula is C19H29N3O2. The largest absolute Gasteiger partial charge is 0.381 e. The van der Waals surface area contributed by atoms with E-state index in [1.807, 2.05) is 0 Å². The highest BCUT2D eigenvalue weighted by Crippen LogP contribution is 2.27. The van der Waals surface area contributed by atoms with Crippen LogP contribution >= 0.6 is 0 Å². The topological polar surface area (TPSA) is 46.1 Å². The van der Waals surface area contributed by atoms with Gasteiger partial charge < -0.3 is 19.7 Å². The van der Waals surface area contributed by atoms with Crippen LogP contribution in [-0.4, -0.2) is 51.5 Å². The van der Waals surface area contributed by atoms with Crippen molar-refractivity contribution in [1.29, 1.82) is 0 Å². The molecule has 2 aliphatic heterocycles. The molecule has 1 fully saturated rings. The smallest absolute Gasteiger partial charge is 0.198 e. The fourth-order valence-electron chi connectivity index (χ4n) is 3.30. The maximum absolute atomic E-state index is 5.92. The minimum Gasteiger partial charge on any atom is -0.381 e. The van der Waals surface area contributed by atoms with E-state index in [4.69, 9.17) is 14.5 Å². The fourth-order valence-corrected chi connectivity index (χ4v) is 3.30. The molecule has 0 atom stereocenters. The zero-order valence-corrected chi connectivity index (χ0v) is 14.7. The molecule has 132 valence electrons. The van der Waals surface area contributed by atoms with Crippen molar-refractivity contribution in [2.24, 2.45) is 4.99 Å². The number of rotatable bonds is 6. The third-order valence-electron chi connectivity index (χ3n) is 4.56. The fraction of sp³-hybridized carbons (Fsp3) is 0.632. The second kappa shape index (κ2) is 9.04. The molecule has 0 saturated carbocycles. The van der Waals surface area contributed by atoms with Crippen molar-refractivity contribution in [2.75, 3.05) is 44.4 Å². The van der Waals surface area contributed by atoms with Crippen LogP contribution in [0.2, 0.25) is 0 Å². The minimum absolute atomic E-state index is 0.376. The van der Waals surface area contributed by atoms with Crippen LogP contribution < -0.4 is 10.2 Å². The molecule has 1 N–H and O–H groups in total. The number of nitrogens with one attached hydrogen (secondary N) is 1.